The van der Waals surface area contributed by atoms with Crippen LogP contribution in [0, 0.1) is 11.3 Å². The molecule has 1 aromatic rings. The highest BCUT2D eigenvalue weighted by Crippen LogP contribution is 2.29. The Morgan fingerprint density at radius 3 is 2.33 bits per heavy atom. The monoisotopic (exact) mass is 304 g/mol. The van der Waals surface area contributed by atoms with Crippen LogP contribution in [0.15, 0.2) is 18.2 Å². The first kappa shape index (κ1) is 15.6. The minimum Gasteiger partial charge on any atom is -0.284 e. The summed E-state index contributed by atoms with van der Waals surface area (Å²) in [5, 5.41) is 10.4. The van der Waals surface area contributed by atoms with E-state index >= 15 is 0 Å². The Hall–Kier alpha value is -0.460. The van der Waals surface area contributed by atoms with Crippen molar-refractivity contribution in [3.8, 4) is 6.07 Å². The zero-order valence-corrected chi connectivity index (χ0v) is 12.2. The summed E-state index contributed by atoms with van der Waals surface area (Å²) in [5.74, 6) is 0. The molecule has 2 nitrogen and oxygen atoms in total. The topological polar surface area (TPSA) is 27.0 Å². The number of nitrogens with zero attached hydrogens (tertiary/aromatic N) is 2. The fourth-order valence-corrected chi connectivity index (χ4v) is 2.53. The molecule has 98 valence electrons. The molecule has 1 unspecified atom stereocenters. The quantitative estimate of drug-likeness (QED) is 0.806. The molecule has 1 aliphatic rings. The van der Waals surface area contributed by atoms with Crippen LogP contribution >= 0.6 is 35.6 Å². The number of benzene rings is 1. The van der Waals surface area contributed by atoms with Crippen LogP contribution in [0.1, 0.15) is 30.9 Å². The molecule has 1 aliphatic heterocycles. The molecule has 18 heavy (non-hydrogen) atoms. The molecule has 0 amide bonds. The van der Waals surface area contributed by atoms with E-state index in [-0.39, 0.29) is 18.4 Å². The van der Waals surface area contributed by atoms with Crippen molar-refractivity contribution in [3.05, 3.63) is 33.8 Å². The Labute approximate surface area is 124 Å². The summed E-state index contributed by atoms with van der Waals surface area (Å²) in [6, 6.07) is 7.60. The van der Waals surface area contributed by atoms with Crippen LogP contribution in [0.25, 0.3) is 0 Å². The van der Waals surface area contributed by atoms with Crippen LogP contribution in [0.4, 0.5) is 0 Å². The zero-order chi connectivity index (χ0) is 12.3. The molecular weight excluding hydrogens is 291 g/mol. The number of piperidine rings is 1. The highest BCUT2D eigenvalue weighted by molar-refractivity contribution is 6.42. The van der Waals surface area contributed by atoms with Gasteiger partial charge in [0.15, 0.2) is 0 Å². The second-order valence-electron chi connectivity index (χ2n) is 4.30. The predicted molar refractivity (Wildman–Crippen MR) is 77.5 cm³/mol. The molecule has 0 aromatic heterocycles. The fourth-order valence-electron chi connectivity index (χ4n) is 2.23. The van der Waals surface area contributed by atoms with Crippen molar-refractivity contribution in [2.24, 2.45) is 0 Å². The van der Waals surface area contributed by atoms with E-state index in [1.54, 1.807) is 12.1 Å². The summed E-state index contributed by atoms with van der Waals surface area (Å²) in [6.07, 6.45) is 3.59. The molecule has 1 aromatic carbocycles. The molecule has 0 saturated carbocycles. The molecule has 1 atom stereocenters. The highest BCUT2D eigenvalue weighted by Gasteiger charge is 2.22. The summed E-state index contributed by atoms with van der Waals surface area (Å²) in [6.45, 7) is 1.97. The highest BCUT2D eigenvalue weighted by atomic mass is 35.5. The molecule has 2 rings (SSSR count). The van der Waals surface area contributed by atoms with Gasteiger partial charge in [0, 0.05) is 0 Å². The third kappa shape index (κ3) is 3.52. The normalized spacial score (nSPS) is 17.6. The van der Waals surface area contributed by atoms with Gasteiger partial charge in [-0.2, -0.15) is 5.26 Å². The first-order valence-electron chi connectivity index (χ1n) is 5.81. The first-order valence-corrected chi connectivity index (χ1v) is 6.56. The number of likely N-dealkylation sites (tertiary alicyclic amines) is 1. The van der Waals surface area contributed by atoms with Crippen LogP contribution in [-0.2, 0) is 0 Å². The summed E-state index contributed by atoms with van der Waals surface area (Å²) in [5.41, 5.74) is 0.934. The van der Waals surface area contributed by atoms with Gasteiger partial charge in [0.2, 0.25) is 0 Å². The molecule has 0 bridgehead atoms. The molecule has 1 fully saturated rings. The van der Waals surface area contributed by atoms with E-state index in [0.717, 1.165) is 18.7 Å². The number of halogens is 3. The smallest absolute Gasteiger partial charge is 0.123 e. The average molecular weight is 306 g/mol. The number of hydrogen-bond acceptors (Lipinski definition) is 2. The minimum atomic E-state index is -0.204. The zero-order valence-electron chi connectivity index (χ0n) is 9.90. The van der Waals surface area contributed by atoms with Gasteiger partial charge >= 0.3 is 0 Å². The van der Waals surface area contributed by atoms with Crippen molar-refractivity contribution < 1.29 is 0 Å². The summed E-state index contributed by atoms with van der Waals surface area (Å²) < 4.78 is 0. The van der Waals surface area contributed by atoms with Gasteiger partial charge < -0.3 is 0 Å². The molecule has 1 saturated heterocycles. The number of nitriles is 1. The van der Waals surface area contributed by atoms with Gasteiger partial charge in [-0.3, -0.25) is 4.90 Å². The van der Waals surface area contributed by atoms with Crippen molar-refractivity contribution in [1.29, 1.82) is 5.26 Å². The first-order chi connectivity index (χ1) is 8.22. The third-order valence-corrected chi connectivity index (χ3v) is 3.88. The van der Waals surface area contributed by atoms with Crippen LogP contribution in [-0.4, -0.2) is 18.0 Å². The van der Waals surface area contributed by atoms with Crippen molar-refractivity contribution in [2.45, 2.75) is 25.3 Å². The lowest BCUT2D eigenvalue weighted by molar-refractivity contribution is 0.196. The van der Waals surface area contributed by atoms with Gasteiger partial charge in [-0.25, -0.2) is 0 Å². The lowest BCUT2D eigenvalue weighted by atomic mass is 10.0. The number of rotatable bonds is 2. The Bertz CT molecular complexity index is 436. The van der Waals surface area contributed by atoms with Crippen molar-refractivity contribution in [3.63, 3.8) is 0 Å². The maximum Gasteiger partial charge on any atom is 0.123 e. The minimum absolute atomic E-state index is 0. The van der Waals surface area contributed by atoms with Gasteiger partial charge in [0.1, 0.15) is 6.04 Å². The van der Waals surface area contributed by atoms with E-state index in [4.69, 9.17) is 23.2 Å². The maximum atomic E-state index is 9.32. The number of hydrogen-bond donors (Lipinski definition) is 0. The molecule has 1 heterocycles. The maximum absolute atomic E-state index is 9.32. The van der Waals surface area contributed by atoms with Gasteiger partial charge in [-0.05, 0) is 43.6 Å². The van der Waals surface area contributed by atoms with E-state index in [0.29, 0.717) is 10.0 Å². The Balaban J connectivity index is 0.00000162. The van der Waals surface area contributed by atoms with Crippen molar-refractivity contribution in [2.75, 3.05) is 13.1 Å². The predicted octanol–water partition coefficient (Wildman–Crippen LogP) is 4.47. The SMILES string of the molecule is Cl.N#CC(c1ccc(Cl)c(Cl)c1)N1CCCCC1. The molecule has 0 N–H and O–H groups in total. The van der Waals surface area contributed by atoms with Crippen molar-refractivity contribution >= 4 is 35.6 Å². The van der Waals surface area contributed by atoms with Crippen LogP contribution < -0.4 is 0 Å². The van der Waals surface area contributed by atoms with Gasteiger partial charge in [0.25, 0.3) is 0 Å². The van der Waals surface area contributed by atoms with E-state index < -0.39 is 0 Å². The Morgan fingerprint density at radius 2 is 1.78 bits per heavy atom. The van der Waals surface area contributed by atoms with Crippen LogP contribution in [0.3, 0.4) is 0 Å². The largest absolute Gasteiger partial charge is 0.284 e. The molecule has 0 aliphatic carbocycles. The molecule has 0 radical (unpaired) electrons. The standard InChI is InChI=1S/C13H14Cl2N2.ClH/c14-11-5-4-10(8-12(11)15)13(9-16)17-6-2-1-3-7-17;/h4-5,8,13H,1-3,6-7H2;1H. The molecule has 5 heteroatoms. The van der Waals surface area contributed by atoms with Gasteiger partial charge in [-0.1, -0.05) is 35.7 Å². The van der Waals surface area contributed by atoms with E-state index in [9.17, 15) is 5.26 Å². The van der Waals surface area contributed by atoms with Crippen molar-refractivity contribution in [1.82, 2.24) is 4.90 Å². The third-order valence-electron chi connectivity index (χ3n) is 3.14. The lowest BCUT2D eigenvalue weighted by Gasteiger charge is -2.30. The van der Waals surface area contributed by atoms with E-state index in [1.807, 2.05) is 6.07 Å². The lowest BCUT2D eigenvalue weighted by Crippen LogP contribution is -2.33. The Morgan fingerprint density at radius 1 is 1.11 bits per heavy atom. The van der Waals surface area contributed by atoms with Gasteiger partial charge in [-0.15, -0.1) is 12.4 Å². The van der Waals surface area contributed by atoms with Crippen LogP contribution in [0.5, 0.6) is 0 Å². The van der Waals surface area contributed by atoms with Crippen LogP contribution in [0.2, 0.25) is 10.0 Å². The summed E-state index contributed by atoms with van der Waals surface area (Å²) >= 11 is 11.9. The van der Waals surface area contributed by atoms with Gasteiger partial charge in [0.05, 0.1) is 16.1 Å². The van der Waals surface area contributed by atoms with E-state index in [1.165, 1.54) is 19.3 Å². The second-order valence-corrected chi connectivity index (χ2v) is 5.12. The molecule has 0 spiro atoms. The second kappa shape index (κ2) is 7.21. The summed E-state index contributed by atoms with van der Waals surface area (Å²) in [7, 11) is 0. The average Bonchev–Trinajstić information content (AvgIpc) is 2.36. The Kier molecular flexibility index (Phi) is 6.25. The van der Waals surface area contributed by atoms with E-state index in [2.05, 4.69) is 11.0 Å². The molecular formula is C13H15Cl3N2. The summed E-state index contributed by atoms with van der Waals surface area (Å²) in [4.78, 5) is 2.21. The fraction of sp³-hybridized carbons (Fsp3) is 0.462.